The minimum atomic E-state index is -1.31. The van der Waals surface area contributed by atoms with Crippen LogP contribution in [0, 0.1) is 23.5 Å². The molecule has 1 saturated heterocycles. The van der Waals surface area contributed by atoms with E-state index in [2.05, 4.69) is 4.98 Å². The molecule has 1 aliphatic heterocycles. The molecule has 1 N–H and O–H groups in total. The van der Waals surface area contributed by atoms with Gasteiger partial charge in [0.15, 0.2) is 17.5 Å². The normalized spacial score (nSPS) is 25.1. The summed E-state index contributed by atoms with van der Waals surface area (Å²) in [7, 11) is 0. The first-order valence-electron chi connectivity index (χ1n) is 5.43. The Hall–Kier alpha value is -1.30. The molecule has 1 fully saturated rings. The summed E-state index contributed by atoms with van der Waals surface area (Å²) >= 11 is 0. The number of aromatic nitrogens is 1. The van der Waals surface area contributed by atoms with Crippen LogP contribution >= 0.6 is 0 Å². The van der Waals surface area contributed by atoms with Gasteiger partial charge in [-0.25, -0.2) is 8.78 Å². The van der Waals surface area contributed by atoms with Gasteiger partial charge in [-0.15, -0.1) is 0 Å². The van der Waals surface area contributed by atoms with Gasteiger partial charge in [0.05, 0.1) is 6.10 Å². The van der Waals surface area contributed by atoms with Crippen molar-refractivity contribution < 1.29 is 18.3 Å². The summed E-state index contributed by atoms with van der Waals surface area (Å²) in [5, 5.41) is 9.54. The molecular formula is C11H13F3N2O. The number of piperidine rings is 1. The quantitative estimate of drug-likeness (QED) is 0.766. The lowest BCUT2D eigenvalue weighted by molar-refractivity contribution is 0.0966. The molecule has 94 valence electrons. The van der Waals surface area contributed by atoms with Gasteiger partial charge in [-0.1, -0.05) is 6.92 Å². The van der Waals surface area contributed by atoms with Crippen LogP contribution in [0.15, 0.2) is 6.07 Å². The van der Waals surface area contributed by atoms with Crippen molar-refractivity contribution in [2.45, 2.75) is 19.4 Å². The Labute approximate surface area is 96.9 Å². The van der Waals surface area contributed by atoms with Crippen LogP contribution in [0.2, 0.25) is 0 Å². The zero-order valence-corrected chi connectivity index (χ0v) is 9.33. The van der Waals surface area contributed by atoms with Crippen molar-refractivity contribution >= 4 is 5.82 Å². The van der Waals surface area contributed by atoms with E-state index in [0.29, 0.717) is 25.6 Å². The number of hydrogen-bond donors (Lipinski definition) is 1. The summed E-state index contributed by atoms with van der Waals surface area (Å²) in [6.45, 7) is 2.56. The molecule has 0 aliphatic carbocycles. The average Bonchev–Trinajstić information content (AvgIpc) is 2.27. The summed E-state index contributed by atoms with van der Waals surface area (Å²) in [5.41, 5.74) is 0. The van der Waals surface area contributed by atoms with Gasteiger partial charge in [0.25, 0.3) is 5.95 Å². The van der Waals surface area contributed by atoms with Crippen LogP contribution in [0.3, 0.4) is 0 Å². The number of hydrogen-bond acceptors (Lipinski definition) is 3. The van der Waals surface area contributed by atoms with Gasteiger partial charge in [-0.2, -0.15) is 9.37 Å². The first kappa shape index (κ1) is 12.2. The molecule has 0 radical (unpaired) electrons. The Bertz CT molecular complexity index is 427. The van der Waals surface area contributed by atoms with E-state index in [9.17, 15) is 18.3 Å². The number of halogens is 3. The molecule has 2 heterocycles. The predicted octanol–water partition coefficient (Wildman–Crippen LogP) is 1.71. The second-order valence-corrected chi connectivity index (χ2v) is 4.35. The van der Waals surface area contributed by atoms with E-state index in [-0.39, 0.29) is 11.7 Å². The van der Waals surface area contributed by atoms with Crippen molar-refractivity contribution in [3.05, 3.63) is 23.6 Å². The zero-order valence-electron chi connectivity index (χ0n) is 9.33. The topological polar surface area (TPSA) is 36.4 Å². The number of aliphatic hydroxyl groups excluding tert-OH is 1. The highest BCUT2D eigenvalue weighted by atomic mass is 19.2. The first-order chi connectivity index (χ1) is 7.99. The Balaban J connectivity index is 2.26. The molecule has 1 aliphatic rings. The molecule has 0 saturated carbocycles. The van der Waals surface area contributed by atoms with E-state index in [0.717, 1.165) is 0 Å². The van der Waals surface area contributed by atoms with Crippen LogP contribution in [0.5, 0.6) is 0 Å². The van der Waals surface area contributed by atoms with Crippen LogP contribution in [0.25, 0.3) is 0 Å². The van der Waals surface area contributed by atoms with Crippen LogP contribution in [-0.4, -0.2) is 29.3 Å². The molecule has 0 aromatic carbocycles. The fourth-order valence-corrected chi connectivity index (χ4v) is 1.98. The lowest BCUT2D eigenvalue weighted by Crippen LogP contribution is -2.42. The summed E-state index contributed by atoms with van der Waals surface area (Å²) in [6, 6.07) is 0.493. The van der Waals surface area contributed by atoms with Crippen molar-refractivity contribution in [1.29, 1.82) is 0 Å². The second-order valence-electron chi connectivity index (χ2n) is 4.35. The molecule has 1 aromatic rings. The average molecular weight is 246 g/mol. The third-order valence-electron chi connectivity index (χ3n) is 3.03. The highest BCUT2D eigenvalue weighted by Crippen LogP contribution is 2.25. The van der Waals surface area contributed by atoms with Crippen LogP contribution in [0.1, 0.15) is 13.3 Å². The molecule has 1 aromatic heterocycles. The lowest BCUT2D eigenvalue weighted by Gasteiger charge is -2.35. The molecule has 2 atom stereocenters. The molecule has 3 nitrogen and oxygen atoms in total. The summed E-state index contributed by atoms with van der Waals surface area (Å²) in [5.74, 6) is -3.73. The molecule has 17 heavy (non-hydrogen) atoms. The fourth-order valence-electron chi connectivity index (χ4n) is 1.98. The van der Waals surface area contributed by atoms with E-state index >= 15 is 0 Å². The van der Waals surface area contributed by atoms with Crippen molar-refractivity contribution in [3.63, 3.8) is 0 Å². The number of aliphatic hydroxyl groups is 1. The molecule has 6 heteroatoms. The highest BCUT2D eigenvalue weighted by Gasteiger charge is 2.27. The van der Waals surface area contributed by atoms with Crippen LogP contribution in [-0.2, 0) is 0 Å². The van der Waals surface area contributed by atoms with E-state index < -0.39 is 23.7 Å². The number of nitrogens with zero attached hydrogens (tertiary/aromatic N) is 2. The minimum absolute atomic E-state index is 0.0573. The maximum atomic E-state index is 13.5. The van der Waals surface area contributed by atoms with E-state index in [1.54, 1.807) is 0 Å². The Morgan fingerprint density at radius 3 is 2.71 bits per heavy atom. The Morgan fingerprint density at radius 2 is 2.06 bits per heavy atom. The maximum Gasteiger partial charge on any atom is 0.251 e. The van der Waals surface area contributed by atoms with Crippen LogP contribution < -0.4 is 4.90 Å². The standard InChI is InChI=1S/C11H13F3N2O/c1-6-5-16(3-2-9(6)17)11-8(13)4-7(12)10(14)15-11/h4,6,9,17H,2-3,5H2,1H3. The molecule has 0 amide bonds. The molecule has 2 rings (SSSR count). The van der Waals surface area contributed by atoms with Gasteiger partial charge in [0.2, 0.25) is 0 Å². The monoisotopic (exact) mass is 246 g/mol. The highest BCUT2D eigenvalue weighted by molar-refractivity contribution is 5.40. The SMILES string of the molecule is CC1CN(c2nc(F)c(F)cc2F)CCC1O. The lowest BCUT2D eigenvalue weighted by atomic mass is 9.97. The molecular weight excluding hydrogens is 233 g/mol. The largest absolute Gasteiger partial charge is 0.393 e. The molecule has 0 bridgehead atoms. The van der Waals surface area contributed by atoms with Crippen molar-refractivity contribution in [2.24, 2.45) is 5.92 Å². The minimum Gasteiger partial charge on any atom is -0.393 e. The van der Waals surface area contributed by atoms with Gasteiger partial charge < -0.3 is 10.0 Å². The van der Waals surface area contributed by atoms with Crippen molar-refractivity contribution in [2.75, 3.05) is 18.0 Å². The zero-order chi connectivity index (χ0) is 12.6. The fraction of sp³-hybridized carbons (Fsp3) is 0.545. The van der Waals surface area contributed by atoms with Crippen molar-refractivity contribution in [1.82, 2.24) is 4.98 Å². The van der Waals surface area contributed by atoms with Gasteiger partial charge >= 0.3 is 0 Å². The first-order valence-corrected chi connectivity index (χ1v) is 5.43. The second kappa shape index (κ2) is 4.52. The Morgan fingerprint density at radius 1 is 1.35 bits per heavy atom. The number of rotatable bonds is 1. The summed E-state index contributed by atoms with van der Waals surface area (Å²) < 4.78 is 39.2. The van der Waals surface area contributed by atoms with Gasteiger partial charge in [0, 0.05) is 19.2 Å². The van der Waals surface area contributed by atoms with Crippen molar-refractivity contribution in [3.8, 4) is 0 Å². The van der Waals surface area contributed by atoms with E-state index in [1.165, 1.54) is 4.90 Å². The van der Waals surface area contributed by atoms with Gasteiger partial charge in [0.1, 0.15) is 0 Å². The van der Waals surface area contributed by atoms with E-state index in [4.69, 9.17) is 0 Å². The molecule has 0 spiro atoms. The molecule has 2 unspecified atom stereocenters. The summed E-state index contributed by atoms with van der Waals surface area (Å²) in [4.78, 5) is 4.81. The summed E-state index contributed by atoms with van der Waals surface area (Å²) in [6.07, 6.45) is 0.0148. The maximum absolute atomic E-state index is 13.5. The number of pyridine rings is 1. The smallest absolute Gasteiger partial charge is 0.251 e. The van der Waals surface area contributed by atoms with Crippen LogP contribution in [0.4, 0.5) is 19.0 Å². The third kappa shape index (κ3) is 2.36. The van der Waals surface area contributed by atoms with E-state index in [1.807, 2.05) is 6.92 Å². The third-order valence-corrected chi connectivity index (χ3v) is 3.03. The predicted molar refractivity (Wildman–Crippen MR) is 56.1 cm³/mol. The number of anilines is 1. The van der Waals surface area contributed by atoms with Gasteiger partial charge in [-0.3, -0.25) is 0 Å². The van der Waals surface area contributed by atoms with Gasteiger partial charge in [-0.05, 0) is 12.3 Å². The Kier molecular flexibility index (Phi) is 3.24.